The van der Waals surface area contributed by atoms with Gasteiger partial charge in [-0.3, -0.25) is 9.69 Å². The van der Waals surface area contributed by atoms with Crippen molar-refractivity contribution in [3.05, 3.63) is 0 Å². The quantitative estimate of drug-likeness (QED) is 0.743. The molecule has 108 valence electrons. The predicted molar refractivity (Wildman–Crippen MR) is 70.8 cm³/mol. The van der Waals surface area contributed by atoms with E-state index < -0.39 is 0 Å². The van der Waals surface area contributed by atoms with E-state index in [0.29, 0.717) is 12.5 Å². The van der Waals surface area contributed by atoms with Gasteiger partial charge in [0.05, 0.1) is 12.1 Å². The topological polar surface area (TPSA) is 53.1 Å². The van der Waals surface area contributed by atoms with Gasteiger partial charge < -0.3 is 14.5 Å². The van der Waals surface area contributed by atoms with Crippen LogP contribution in [0.4, 0.5) is 4.79 Å². The third-order valence-corrected chi connectivity index (χ3v) is 4.26. The number of piperidine rings is 1. The Morgan fingerprint density at radius 1 is 1.21 bits per heavy atom. The highest BCUT2D eigenvalue weighted by Crippen LogP contribution is 2.18. The van der Waals surface area contributed by atoms with Crippen LogP contribution in [-0.2, 0) is 9.53 Å². The van der Waals surface area contributed by atoms with Gasteiger partial charge in [0.25, 0.3) is 0 Å². The molecule has 1 unspecified atom stereocenters. The van der Waals surface area contributed by atoms with Crippen LogP contribution in [0.1, 0.15) is 19.3 Å². The number of likely N-dealkylation sites (N-methyl/N-ethyl adjacent to an activating group) is 1. The first-order valence-corrected chi connectivity index (χ1v) is 6.81. The Hall–Kier alpha value is -1.14. The lowest BCUT2D eigenvalue weighted by atomic mass is 10.0. The van der Waals surface area contributed by atoms with Crippen molar-refractivity contribution in [3.63, 3.8) is 0 Å². The third-order valence-electron chi connectivity index (χ3n) is 4.26. The van der Waals surface area contributed by atoms with Crippen molar-refractivity contribution in [1.29, 1.82) is 0 Å². The van der Waals surface area contributed by atoms with Crippen molar-refractivity contribution in [2.45, 2.75) is 31.4 Å². The molecule has 3 amide bonds. The maximum absolute atomic E-state index is 11.9. The lowest BCUT2D eigenvalue weighted by Crippen LogP contribution is -2.57. The minimum absolute atomic E-state index is 0.00436. The second-order valence-electron chi connectivity index (χ2n) is 5.44. The van der Waals surface area contributed by atoms with Crippen molar-refractivity contribution >= 4 is 11.9 Å². The Morgan fingerprint density at radius 2 is 1.84 bits per heavy atom. The molecule has 1 atom stereocenters. The predicted octanol–water partition coefficient (Wildman–Crippen LogP) is 0.380. The molecular weight excluding hydrogens is 246 g/mol. The van der Waals surface area contributed by atoms with Gasteiger partial charge in [-0.15, -0.1) is 0 Å². The molecule has 0 aromatic carbocycles. The number of urea groups is 1. The van der Waals surface area contributed by atoms with E-state index in [0.717, 1.165) is 32.5 Å². The molecule has 0 aliphatic carbocycles. The molecule has 6 heteroatoms. The molecule has 2 rings (SSSR count). The number of nitrogens with zero attached hydrogens (tertiary/aromatic N) is 3. The van der Waals surface area contributed by atoms with Crippen LogP contribution in [0.25, 0.3) is 0 Å². The largest absolute Gasteiger partial charge is 0.381 e. The number of amides is 3. The molecule has 2 saturated heterocycles. The zero-order valence-electron chi connectivity index (χ0n) is 12.0. The normalized spacial score (nSPS) is 27.2. The Bertz CT molecular complexity index is 353. The van der Waals surface area contributed by atoms with Gasteiger partial charge in [-0.05, 0) is 12.8 Å². The first-order valence-electron chi connectivity index (χ1n) is 6.81. The Balaban J connectivity index is 1.89. The van der Waals surface area contributed by atoms with E-state index >= 15 is 0 Å². The van der Waals surface area contributed by atoms with E-state index in [2.05, 4.69) is 4.90 Å². The molecule has 0 bridgehead atoms. The van der Waals surface area contributed by atoms with E-state index in [1.807, 2.05) is 0 Å². The number of imide groups is 1. The van der Waals surface area contributed by atoms with E-state index in [-0.39, 0.29) is 18.0 Å². The first kappa shape index (κ1) is 14.3. The average molecular weight is 269 g/mol. The van der Waals surface area contributed by atoms with E-state index in [1.54, 1.807) is 26.1 Å². The highest BCUT2D eigenvalue weighted by Gasteiger charge is 2.35. The fourth-order valence-electron chi connectivity index (χ4n) is 2.79. The summed E-state index contributed by atoms with van der Waals surface area (Å²) in [5.74, 6) is -0.0834. The zero-order valence-corrected chi connectivity index (χ0v) is 12.0. The summed E-state index contributed by atoms with van der Waals surface area (Å²) in [6.07, 6.45) is 2.82. The van der Waals surface area contributed by atoms with Gasteiger partial charge >= 0.3 is 6.03 Å². The van der Waals surface area contributed by atoms with Gasteiger partial charge in [0.1, 0.15) is 0 Å². The molecule has 6 nitrogen and oxygen atoms in total. The molecule has 0 aromatic heterocycles. The monoisotopic (exact) mass is 269 g/mol. The van der Waals surface area contributed by atoms with E-state index in [9.17, 15) is 9.59 Å². The number of hydrogen-bond acceptors (Lipinski definition) is 4. The Morgan fingerprint density at radius 3 is 2.42 bits per heavy atom. The van der Waals surface area contributed by atoms with Crippen molar-refractivity contribution in [3.8, 4) is 0 Å². The van der Waals surface area contributed by atoms with Gasteiger partial charge in [-0.25, -0.2) is 4.79 Å². The van der Waals surface area contributed by atoms with Crippen LogP contribution in [-0.4, -0.2) is 79.6 Å². The zero-order chi connectivity index (χ0) is 14.0. The fraction of sp³-hybridized carbons (Fsp3) is 0.846. The van der Waals surface area contributed by atoms with Crippen LogP contribution in [0.15, 0.2) is 0 Å². The molecule has 0 spiro atoms. The standard InChI is InChI=1S/C13H23N3O3/c1-14-10(8-12(17)15(2)13(14)18)9-16-6-4-11(19-3)5-7-16/h10-11H,4-9H2,1-3H3. The lowest BCUT2D eigenvalue weighted by Gasteiger charge is -2.40. The minimum Gasteiger partial charge on any atom is -0.381 e. The van der Waals surface area contributed by atoms with Crippen molar-refractivity contribution < 1.29 is 14.3 Å². The van der Waals surface area contributed by atoms with Gasteiger partial charge in [0.15, 0.2) is 0 Å². The highest BCUT2D eigenvalue weighted by molar-refractivity contribution is 5.96. The van der Waals surface area contributed by atoms with Crippen molar-refractivity contribution in [2.24, 2.45) is 0 Å². The fourth-order valence-corrected chi connectivity index (χ4v) is 2.79. The number of ether oxygens (including phenoxy) is 1. The second-order valence-corrected chi connectivity index (χ2v) is 5.44. The molecule has 0 saturated carbocycles. The number of hydrogen-bond donors (Lipinski definition) is 0. The molecule has 2 aliphatic heterocycles. The molecule has 0 N–H and O–H groups in total. The van der Waals surface area contributed by atoms with Crippen LogP contribution in [0.3, 0.4) is 0 Å². The number of carbonyl (C=O) groups excluding carboxylic acids is 2. The van der Waals surface area contributed by atoms with Crippen molar-refractivity contribution in [1.82, 2.24) is 14.7 Å². The maximum Gasteiger partial charge on any atom is 0.326 e. The summed E-state index contributed by atoms with van der Waals surface area (Å²) in [7, 11) is 5.07. The summed E-state index contributed by atoms with van der Waals surface area (Å²) in [5, 5.41) is 0. The Labute approximate surface area is 114 Å². The van der Waals surface area contributed by atoms with Gasteiger partial charge in [0, 0.05) is 47.3 Å². The van der Waals surface area contributed by atoms with Crippen molar-refractivity contribution in [2.75, 3.05) is 40.8 Å². The molecular formula is C13H23N3O3. The maximum atomic E-state index is 11.9. The molecule has 2 aliphatic rings. The number of rotatable bonds is 3. The SMILES string of the molecule is COC1CCN(CC2CC(=O)N(C)C(=O)N2C)CC1. The second kappa shape index (κ2) is 5.88. The third kappa shape index (κ3) is 3.06. The number of methoxy groups -OCH3 is 1. The number of likely N-dealkylation sites (tertiary alicyclic amines) is 1. The van der Waals surface area contributed by atoms with Gasteiger partial charge in [-0.2, -0.15) is 0 Å². The van der Waals surface area contributed by atoms with Crippen LogP contribution >= 0.6 is 0 Å². The van der Waals surface area contributed by atoms with Crippen LogP contribution in [0, 0.1) is 0 Å². The summed E-state index contributed by atoms with van der Waals surface area (Å²) in [5.41, 5.74) is 0. The van der Waals surface area contributed by atoms with E-state index in [4.69, 9.17) is 4.74 Å². The summed E-state index contributed by atoms with van der Waals surface area (Å²) in [6.45, 7) is 2.72. The van der Waals surface area contributed by atoms with Crippen LogP contribution in [0.2, 0.25) is 0 Å². The molecule has 2 fully saturated rings. The van der Waals surface area contributed by atoms with E-state index in [1.165, 1.54) is 4.90 Å². The summed E-state index contributed by atoms with van der Waals surface area (Å²) in [6, 6.07) is -0.205. The first-order chi connectivity index (χ1) is 9.02. The summed E-state index contributed by atoms with van der Waals surface area (Å²) < 4.78 is 5.35. The smallest absolute Gasteiger partial charge is 0.326 e. The lowest BCUT2D eigenvalue weighted by molar-refractivity contribution is -0.131. The highest BCUT2D eigenvalue weighted by atomic mass is 16.5. The average Bonchev–Trinajstić information content (AvgIpc) is 2.43. The molecule has 0 radical (unpaired) electrons. The molecule has 0 aromatic rings. The Kier molecular flexibility index (Phi) is 4.42. The molecule has 19 heavy (non-hydrogen) atoms. The van der Waals surface area contributed by atoms with Crippen LogP contribution in [0.5, 0.6) is 0 Å². The summed E-state index contributed by atoms with van der Waals surface area (Å²) in [4.78, 5) is 28.8. The van der Waals surface area contributed by atoms with Gasteiger partial charge in [-0.1, -0.05) is 0 Å². The summed E-state index contributed by atoms with van der Waals surface area (Å²) >= 11 is 0. The minimum atomic E-state index is -0.201. The van der Waals surface area contributed by atoms with Gasteiger partial charge in [0.2, 0.25) is 5.91 Å². The van der Waals surface area contributed by atoms with Crippen LogP contribution < -0.4 is 0 Å². The number of carbonyl (C=O) groups is 2. The molecule has 2 heterocycles.